The molecular weight excluding hydrogens is 270 g/mol. The van der Waals surface area contributed by atoms with Gasteiger partial charge in [0.1, 0.15) is 13.2 Å². The van der Waals surface area contributed by atoms with Gasteiger partial charge in [0, 0.05) is 4.88 Å². The Bertz CT molecular complexity index is 539. The van der Waals surface area contributed by atoms with Gasteiger partial charge in [0.15, 0.2) is 11.5 Å². The molecule has 0 spiro atoms. The number of hydrogen-bond donors (Lipinski definition) is 1. The lowest BCUT2D eigenvalue weighted by atomic mass is 10.1. The molecule has 0 atom stereocenters. The standard InChI is InChI=1S/C16H19NO2S/c1-2-14(20-11-1)6-8-17-7-5-13-3-4-15-16(12-13)19-10-9-18-15/h1-4,11-12,17H,5-10H2. The summed E-state index contributed by atoms with van der Waals surface area (Å²) in [5, 5.41) is 5.62. The molecule has 20 heavy (non-hydrogen) atoms. The van der Waals surface area contributed by atoms with Crippen molar-refractivity contribution < 1.29 is 9.47 Å². The van der Waals surface area contributed by atoms with E-state index in [2.05, 4.69) is 35.0 Å². The highest BCUT2D eigenvalue weighted by Crippen LogP contribution is 2.30. The van der Waals surface area contributed by atoms with Crippen LogP contribution in [0, 0.1) is 0 Å². The van der Waals surface area contributed by atoms with Crippen molar-refractivity contribution in [2.24, 2.45) is 0 Å². The van der Waals surface area contributed by atoms with Crippen LogP contribution in [0.15, 0.2) is 35.7 Å². The van der Waals surface area contributed by atoms with Crippen LogP contribution in [-0.4, -0.2) is 26.3 Å². The van der Waals surface area contributed by atoms with Gasteiger partial charge in [-0.25, -0.2) is 0 Å². The largest absolute Gasteiger partial charge is 0.486 e. The third-order valence-electron chi connectivity index (χ3n) is 3.33. The molecule has 2 heterocycles. The van der Waals surface area contributed by atoms with Gasteiger partial charge < -0.3 is 14.8 Å². The Labute approximate surface area is 123 Å². The van der Waals surface area contributed by atoms with Crippen molar-refractivity contribution >= 4 is 11.3 Å². The number of thiophene rings is 1. The van der Waals surface area contributed by atoms with E-state index in [4.69, 9.17) is 9.47 Å². The van der Waals surface area contributed by atoms with Crippen LogP contribution in [0.1, 0.15) is 10.4 Å². The molecule has 1 aromatic carbocycles. The summed E-state index contributed by atoms with van der Waals surface area (Å²) in [6.07, 6.45) is 2.12. The first-order chi connectivity index (χ1) is 9.92. The molecule has 3 nitrogen and oxygen atoms in total. The van der Waals surface area contributed by atoms with Crippen molar-refractivity contribution in [3.8, 4) is 11.5 Å². The smallest absolute Gasteiger partial charge is 0.161 e. The van der Waals surface area contributed by atoms with E-state index in [0.29, 0.717) is 13.2 Å². The number of nitrogens with one attached hydrogen (secondary N) is 1. The number of hydrogen-bond acceptors (Lipinski definition) is 4. The highest BCUT2D eigenvalue weighted by atomic mass is 32.1. The zero-order chi connectivity index (χ0) is 13.6. The Morgan fingerprint density at radius 3 is 2.70 bits per heavy atom. The monoisotopic (exact) mass is 289 g/mol. The minimum absolute atomic E-state index is 0.648. The van der Waals surface area contributed by atoms with Crippen LogP contribution in [0.2, 0.25) is 0 Å². The summed E-state index contributed by atoms with van der Waals surface area (Å²) < 4.78 is 11.1. The minimum Gasteiger partial charge on any atom is -0.486 e. The first-order valence-electron chi connectivity index (χ1n) is 7.03. The lowest BCUT2D eigenvalue weighted by Gasteiger charge is -2.18. The summed E-state index contributed by atoms with van der Waals surface area (Å²) >= 11 is 1.82. The number of fused-ring (bicyclic) bond motifs is 1. The normalized spacial score (nSPS) is 13.4. The predicted octanol–water partition coefficient (Wildman–Crippen LogP) is 2.89. The zero-order valence-corrected chi connectivity index (χ0v) is 12.2. The molecule has 1 aromatic heterocycles. The Balaban J connectivity index is 1.42. The molecule has 0 fully saturated rings. The van der Waals surface area contributed by atoms with Gasteiger partial charge in [0.2, 0.25) is 0 Å². The third kappa shape index (κ3) is 3.52. The summed E-state index contributed by atoms with van der Waals surface area (Å²) in [5.74, 6) is 1.75. The van der Waals surface area contributed by atoms with E-state index >= 15 is 0 Å². The number of benzene rings is 1. The van der Waals surface area contributed by atoms with Gasteiger partial charge >= 0.3 is 0 Å². The summed E-state index contributed by atoms with van der Waals surface area (Å²) in [7, 11) is 0. The van der Waals surface area contributed by atoms with E-state index in [0.717, 1.165) is 37.4 Å². The minimum atomic E-state index is 0.648. The van der Waals surface area contributed by atoms with E-state index in [-0.39, 0.29) is 0 Å². The molecule has 3 rings (SSSR count). The van der Waals surface area contributed by atoms with Gasteiger partial charge in [0.25, 0.3) is 0 Å². The summed E-state index contributed by atoms with van der Waals surface area (Å²) in [6, 6.07) is 10.5. The summed E-state index contributed by atoms with van der Waals surface area (Å²) in [6.45, 7) is 3.32. The molecular formula is C16H19NO2S. The predicted molar refractivity (Wildman–Crippen MR) is 82.0 cm³/mol. The molecule has 0 radical (unpaired) electrons. The fraction of sp³-hybridized carbons (Fsp3) is 0.375. The van der Waals surface area contributed by atoms with Crippen LogP contribution >= 0.6 is 11.3 Å². The zero-order valence-electron chi connectivity index (χ0n) is 11.4. The van der Waals surface area contributed by atoms with Crippen LogP contribution in [-0.2, 0) is 12.8 Å². The maximum atomic E-state index is 5.60. The van der Waals surface area contributed by atoms with Crippen molar-refractivity contribution in [3.05, 3.63) is 46.2 Å². The summed E-state index contributed by atoms with van der Waals surface area (Å²) in [5.41, 5.74) is 1.29. The fourth-order valence-electron chi connectivity index (χ4n) is 2.27. The SMILES string of the molecule is c1csc(CCNCCc2ccc3c(c2)OCCO3)c1. The maximum Gasteiger partial charge on any atom is 0.161 e. The Hall–Kier alpha value is -1.52. The molecule has 0 amide bonds. The van der Waals surface area contributed by atoms with Crippen molar-refractivity contribution in [2.75, 3.05) is 26.3 Å². The Kier molecular flexibility index (Phi) is 4.56. The molecule has 2 aromatic rings. The highest BCUT2D eigenvalue weighted by molar-refractivity contribution is 7.09. The molecule has 0 unspecified atom stereocenters. The summed E-state index contributed by atoms with van der Waals surface area (Å²) in [4.78, 5) is 1.44. The molecule has 0 aliphatic carbocycles. The molecule has 1 aliphatic rings. The quantitative estimate of drug-likeness (QED) is 0.830. The highest BCUT2D eigenvalue weighted by Gasteiger charge is 2.11. The van der Waals surface area contributed by atoms with Gasteiger partial charge in [-0.3, -0.25) is 0 Å². The lowest BCUT2D eigenvalue weighted by Crippen LogP contribution is -2.20. The molecule has 106 valence electrons. The van der Waals surface area contributed by atoms with E-state index in [1.54, 1.807) is 0 Å². The van der Waals surface area contributed by atoms with Gasteiger partial charge in [-0.15, -0.1) is 11.3 Å². The molecule has 0 bridgehead atoms. The van der Waals surface area contributed by atoms with Gasteiger partial charge in [-0.05, 0) is 55.1 Å². The molecule has 0 saturated carbocycles. The van der Waals surface area contributed by atoms with Gasteiger partial charge in [0.05, 0.1) is 0 Å². The van der Waals surface area contributed by atoms with Crippen molar-refractivity contribution in [1.82, 2.24) is 5.32 Å². The first-order valence-corrected chi connectivity index (χ1v) is 7.91. The maximum absolute atomic E-state index is 5.60. The molecule has 1 aliphatic heterocycles. The first kappa shape index (κ1) is 13.5. The number of ether oxygens (including phenoxy) is 2. The van der Waals surface area contributed by atoms with Crippen LogP contribution in [0.3, 0.4) is 0 Å². The second-order valence-corrected chi connectivity index (χ2v) is 5.84. The van der Waals surface area contributed by atoms with Crippen LogP contribution in [0.5, 0.6) is 11.5 Å². The van der Waals surface area contributed by atoms with Gasteiger partial charge in [-0.2, -0.15) is 0 Å². The molecule has 0 saturated heterocycles. The Morgan fingerprint density at radius 2 is 1.85 bits per heavy atom. The lowest BCUT2D eigenvalue weighted by molar-refractivity contribution is 0.171. The molecule has 4 heteroatoms. The van der Waals surface area contributed by atoms with Crippen molar-refractivity contribution in [3.63, 3.8) is 0 Å². The van der Waals surface area contributed by atoms with Crippen molar-refractivity contribution in [2.45, 2.75) is 12.8 Å². The fourth-order valence-corrected chi connectivity index (χ4v) is 2.98. The van der Waals surface area contributed by atoms with Gasteiger partial charge in [-0.1, -0.05) is 12.1 Å². The molecule has 1 N–H and O–H groups in total. The van der Waals surface area contributed by atoms with E-state index in [1.807, 2.05) is 17.4 Å². The second kappa shape index (κ2) is 6.77. The van der Waals surface area contributed by atoms with Crippen LogP contribution in [0.25, 0.3) is 0 Å². The van der Waals surface area contributed by atoms with Crippen LogP contribution < -0.4 is 14.8 Å². The number of rotatable bonds is 6. The van der Waals surface area contributed by atoms with E-state index in [1.165, 1.54) is 10.4 Å². The second-order valence-electron chi connectivity index (χ2n) is 4.81. The van der Waals surface area contributed by atoms with E-state index < -0.39 is 0 Å². The topological polar surface area (TPSA) is 30.5 Å². The van der Waals surface area contributed by atoms with Crippen LogP contribution in [0.4, 0.5) is 0 Å². The van der Waals surface area contributed by atoms with Crippen molar-refractivity contribution in [1.29, 1.82) is 0 Å². The Morgan fingerprint density at radius 1 is 1.00 bits per heavy atom. The average molecular weight is 289 g/mol. The van der Waals surface area contributed by atoms with E-state index in [9.17, 15) is 0 Å². The third-order valence-corrected chi connectivity index (χ3v) is 4.26. The average Bonchev–Trinajstić information content (AvgIpc) is 3.00.